The number of aromatic nitrogens is 2. The number of aryl methyl sites for hydroxylation is 2. The molecule has 0 bridgehead atoms. The standard InChI is InChI=1S/C17H30BrN3/c1-4-5-6-13-7-9-14(10-8-13)15(19)11-16-17(18)12(2)20-21(16)3/h13-15H,4-11,19H2,1-3H3. The Kier molecular flexibility index (Phi) is 6.30. The zero-order valence-corrected chi connectivity index (χ0v) is 15.3. The van der Waals surface area contributed by atoms with E-state index in [1.54, 1.807) is 0 Å². The van der Waals surface area contributed by atoms with Gasteiger partial charge in [0.1, 0.15) is 0 Å². The maximum Gasteiger partial charge on any atom is 0.0738 e. The van der Waals surface area contributed by atoms with Crippen molar-refractivity contribution in [2.24, 2.45) is 24.6 Å². The van der Waals surface area contributed by atoms with Crippen molar-refractivity contribution in [2.45, 2.75) is 71.3 Å². The molecular weight excluding hydrogens is 326 g/mol. The molecule has 0 amide bonds. The van der Waals surface area contributed by atoms with Gasteiger partial charge in [0, 0.05) is 19.5 Å². The highest BCUT2D eigenvalue weighted by Gasteiger charge is 2.26. The maximum atomic E-state index is 6.51. The summed E-state index contributed by atoms with van der Waals surface area (Å²) in [7, 11) is 2.02. The highest BCUT2D eigenvalue weighted by atomic mass is 79.9. The molecule has 120 valence electrons. The Morgan fingerprint density at radius 2 is 2.00 bits per heavy atom. The molecule has 1 aliphatic carbocycles. The van der Waals surface area contributed by atoms with Gasteiger partial charge in [-0.2, -0.15) is 5.10 Å². The van der Waals surface area contributed by atoms with E-state index in [2.05, 4.69) is 28.0 Å². The molecule has 1 aromatic heterocycles. The van der Waals surface area contributed by atoms with E-state index in [9.17, 15) is 0 Å². The largest absolute Gasteiger partial charge is 0.327 e. The van der Waals surface area contributed by atoms with Crippen LogP contribution in [-0.2, 0) is 13.5 Å². The molecule has 1 aromatic rings. The van der Waals surface area contributed by atoms with Gasteiger partial charge in [-0.25, -0.2) is 0 Å². The van der Waals surface area contributed by atoms with Crippen molar-refractivity contribution >= 4 is 15.9 Å². The van der Waals surface area contributed by atoms with E-state index in [1.807, 2.05) is 18.7 Å². The lowest BCUT2D eigenvalue weighted by atomic mass is 9.76. The summed E-state index contributed by atoms with van der Waals surface area (Å²) in [5, 5.41) is 4.47. The first-order valence-corrected chi connectivity index (χ1v) is 9.25. The molecule has 0 saturated heterocycles. The van der Waals surface area contributed by atoms with Gasteiger partial charge in [-0.3, -0.25) is 4.68 Å². The van der Waals surface area contributed by atoms with Crippen LogP contribution in [-0.4, -0.2) is 15.8 Å². The Morgan fingerprint density at radius 3 is 2.52 bits per heavy atom. The molecule has 1 heterocycles. The van der Waals surface area contributed by atoms with Crippen molar-refractivity contribution in [3.05, 3.63) is 15.9 Å². The summed E-state index contributed by atoms with van der Waals surface area (Å²) in [6, 6.07) is 0.267. The maximum absolute atomic E-state index is 6.51. The normalized spacial score (nSPS) is 24.2. The van der Waals surface area contributed by atoms with E-state index in [-0.39, 0.29) is 6.04 Å². The van der Waals surface area contributed by atoms with Crippen LogP contribution in [0.15, 0.2) is 4.47 Å². The van der Waals surface area contributed by atoms with Gasteiger partial charge in [0.05, 0.1) is 15.9 Å². The zero-order chi connectivity index (χ0) is 15.4. The van der Waals surface area contributed by atoms with Crippen LogP contribution < -0.4 is 5.73 Å². The van der Waals surface area contributed by atoms with Gasteiger partial charge < -0.3 is 5.73 Å². The Labute approximate surface area is 137 Å². The van der Waals surface area contributed by atoms with Crippen molar-refractivity contribution in [1.82, 2.24) is 9.78 Å². The van der Waals surface area contributed by atoms with Gasteiger partial charge in [-0.15, -0.1) is 0 Å². The monoisotopic (exact) mass is 355 g/mol. The summed E-state index contributed by atoms with van der Waals surface area (Å²) in [4.78, 5) is 0. The number of rotatable bonds is 6. The molecule has 2 N–H and O–H groups in total. The van der Waals surface area contributed by atoms with Gasteiger partial charge >= 0.3 is 0 Å². The van der Waals surface area contributed by atoms with Crippen LogP contribution in [0.25, 0.3) is 0 Å². The van der Waals surface area contributed by atoms with Crippen LogP contribution >= 0.6 is 15.9 Å². The molecule has 2 rings (SSSR count). The Hall–Kier alpha value is -0.350. The SMILES string of the molecule is CCCCC1CCC(C(N)Cc2c(Br)c(C)nn2C)CC1. The van der Waals surface area contributed by atoms with Crippen molar-refractivity contribution in [3.8, 4) is 0 Å². The van der Waals surface area contributed by atoms with Gasteiger partial charge in [0.15, 0.2) is 0 Å². The summed E-state index contributed by atoms with van der Waals surface area (Å²) >= 11 is 3.65. The van der Waals surface area contributed by atoms with Gasteiger partial charge in [-0.05, 0) is 47.5 Å². The fourth-order valence-corrected chi connectivity index (χ4v) is 4.19. The van der Waals surface area contributed by atoms with E-state index in [4.69, 9.17) is 5.73 Å². The second kappa shape index (κ2) is 7.77. The van der Waals surface area contributed by atoms with E-state index in [0.29, 0.717) is 5.92 Å². The molecule has 0 radical (unpaired) electrons. The van der Waals surface area contributed by atoms with Crippen LogP contribution in [0.5, 0.6) is 0 Å². The summed E-state index contributed by atoms with van der Waals surface area (Å²) in [6.45, 7) is 4.33. The van der Waals surface area contributed by atoms with E-state index in [1.165, 1.54) is 50.6 Å². The molecule has 1 saturated carbocycles. The molecule has 1 fully saturated rings. The number of nitrogens with two attached hydrogens (primary N) is 1. The molecule has 1 aliphatic rings. The van der Waals surface area contributed by atoms with E-state index < -0.39 is 0 Å². The number of hydrogen-bond donors (Lipinski definition) is 1. The molecule has 0 aliphatic heterocycles. The summed E-state index contributed by atoms with van der Waals surface area (Å²) < 4.78 is 3.11. The van der Waals surface area contributed by atoms with E-state index in [0.717, 1.165) is 22.5 Å². The highest BCUT2D eigenvalue weighted by molar-refractivity contribution is 9.10. The van der Waals surface area contributed by atoms with Crippen molar-refractivity contribution in [3.63, 3.8) is 0 Å². The van der Waals surface area contributed by atoms with Crippen LogP contribution in [0.2, 0.25) is 0 Å². The molecule has 3 nitrogen and oxygen atoms in total. The number of halogens is 1. The third-order valence-electron chi connectivity index (χ3n) is 5.15. The molecule has 1 atom stereocenters. The number of hydrogen-bond acceptors (Lipinski definition) is 2. The molecule has 21 heavy (non-hydrogen) atoms. The molecule has 0 spiro atoms. The predicted octanol–water partition coefficient (Wildman–Crippen LogP) is 4.36. The van der Waals surface area contributed by atoms with Crippen LogP contribution in [0.4, 0.5) is 0 Å². The molecule has 4 heteroatoms. The topological polar surface area (TPSA) is 43.8 Å². The van der Waals surface area contributed by atoms with E-state index >= 15 is 0 Å². The smallest absolute Gasteiger partial charge is 0.0738 e. The fourth-order valence-electron chi connectivity index (χ4n) is 3.69. The first-order chi connectivity index (χ1) is 10.0. The lowest BCUT2D eigenvalue weighted by Crippen LogP contribution is -2.35. The molecule has 0 aromatic carbocycles. The summed E-state index contributed by atoms with van der Waals surface area (Å²) in [5.74, 6) is 1.64. The third kappa shape index (κ3) is 4.32. The minimum absolute atomic E-state index is 0.267. The lowest BCUT2D eigenvalue weighted by Gasteiger charge is -2.32. The average molecular weight is 356 g/mol. The predicted molar refractivity (Wildman–Crippen MR) is 92.3 cm³/mol. The second-order valence-electron chi connectivity index (χ2n) is 6.76. The van der Waals surface area contributed by atoms with Crippen LogP contribution in [0, 0.1) is 18.8 Å². The van der Waals surface area contributed by atoms with Crippen molar-refractivity contribution in [2.75, 3.05) is 0 Å². The third-order valence-corrected chi connectivity index (χ3v) is 6.19. The summed E-state index contributed by atoms with van der Waals surface area (Å²) in [6.07, 6.45) is 10.4. The minimum atomic E-state index is 0.267. The Morgan fingerprint density at radius 1 is 1.33 bits per heavy atom. The van der Waals surface area contributed by atoms with Gasteiger partial charge in [-0.1, -0.05) is 39.0 Å². The molecule has 1 unspecified atom stereocenters. The van der Waals surface area contributed by atoms with Crippen molar-refractivity contribution in [1.29, 1.82) is 0 Å². The van der Waals surface area contributed by atoms with Gasteiger partial charge in [0.2, 0.25) is 0 Å². The quantitative estimate of drug-likeness (QED) is 0.823. The second-order valence-corrected chi connectivity index (χ2v) is 7.55. The first-order valence-electron chi connectivity index (χ1n) is 8.46. The van der Waals surface area contributed by atoms with Crippen LogP contribution in [0.3, 0.4) is 0 Å². The number of unbranched alkanes of at least 4 members (excludes halogenated alkanes) is 1. The Bertz CT molecular complexity index is 447. The minimum Gasteiger partial charge on any atom is -0.327 e. The Balaban J connectivity index is 1.86. The van der Waals surface area contributed by atoms with Crippen LogP contribution in [0.1, 0.15) is 63.3 Å². The summed E-state index contributed by atoms with van der Waals surface area (Å²) in [5.41, 5.74) is 8.81. The van der Waals surface area contributed by atoms with Crippen molar-refractivity contribution < 1.29 is 0 Å². The lowest BCUT2D eigenvalue weighted by molar-refractivity contribution is 0.229. The molecular formula is C17H30BrN3. The number of nitrogens with zero attached hydrogens (tertiary/aromatic N) is 2. The zero-order valence-electron chi connectivity index (χ0n) is 13.7. The fraction of sp³-hybridized carbons (Fsp3) is 0.824. The van der Waals surface area contributed by atoms with Gasteiger partial charge in [0.25, 0.3) is 0 Å². The highest BCUT2D eigenvalue weighted by Crippen LogP contribution is 2.34. The average Bonchev–Trinajstić information content (AvgIpc) is 2.72. The first kappa shape index (κ1) is 17.0.